The molecule has 2 nitrogen and oxygen atoms in total. The Morgan fingerprint density at radius 3 is 3.00 bits per heavy atom. The predicted molar refractivity (Wildman–Crippen MR) is 41.3 cm³/mol. The predicted octanol–water partition coefficient (Wildman–Crippen LogP) is 0.956. The lowest BCUT2D eigenvalue weighted by Gasteiger charge is -1.84. The van der Waals surface area contributed by atoms with E-state index in [2.05, 4.69) is 34.0 Å². The summed E-state index contributed by atoms with van der Waals surface area (Å²) in [6, 6.07) is 0. The zero-order valence-electron chi connectivity index (χ0n) is 5.39. The van der Waals surface area contributed by atoms with E-state index < -0.39 is 0 Å². The average Bonchev–Trinajstić information content (AvgIpc) is 2.17. The lowest BCUT2D eigenvalue weighted by atomic mass is 10.2. The Morgan fingerprint density at radius 1 is 1.78 bits per heavy atom. The first-order valence-electron chi connectivity index (χ1n) is 3.10. The molecule has 3 heteroatoms. The molecule has 0 aliphatic carbocycles. The van der Waals surface area contributed by atoms with E-state index in [-0.39, 0.29) is 0 Å². The van der Waals surface area contributed by atoms with Gasteiger partial charge in [-0.2, -0.15) is 5.43 Å². The van der Waals surface area contributed by atoms with Crippen molar-refractivity contribution in [2.75, 3.05) is 0 Å². The molecule has 0 radical (unpaired) electrons. The minimum Gasteiger partial charge on any atom is -0.182 e. The molecule has 2 N–H and O–H groups in total. The van der Waals surface area contributed by atoms with Crippen LogP contribution in [0.4, 0.5) is 0 Å². The molecule has 0 spiro atoms. The largest absolute Gasteiger partial charge is 0.200 e. The van der Waals surface area contributed by atoms with E-state index in [0.717, 1.165) is 11.0 Å². The van der Waals surface area contributed by atoms with E-state index in [1.165, 1.54) is 12.1 Å². The van der Waals surface area contributed by atoms with Gasteiger partial charge in [-0.05, 0) is 6.42 Å². The highest BCUT2D eigenvalue weighted by atomic mass is 79.9. The standard InChI is InChI=1S/C6H9BrN2/c1-2-3-5-4-6(7)9-8-5/h4H,2-3H2,1H3,(H,8,9)/p+1. The van der Waals surface area contributed by atoms with Crippen LogP contribution in [-0.2, 0) is 0 Å². The van der Waals surface area contributed by atoms with Crippen LogP contribution in [0.5, 0.6) is 0 Å². The highest BCUT2D eigenvalue weighted by Crippen LogP contribution is 2.02. The van der Waals surface area contributed by atoms with Crippen LogP contribution in [0.3, 0.4) is 0 Å². The van der Waals surface area contributed by atoms with Gasteiger partial charge in [-0.25, -0.2) is 0 Å². The normalized spacial score (nSPS) is 17.6. The summed E-state index contributed by atoms with van der Waals surface area (Å²) in [5.74, 6) is 0. The highest BCUT2D eigenvalue weighted by Gasteiger charge is 2.07. The molecule has 1 aliphatic heterocycles. The Bertz CT molecular complexity index is 160. The number of quaternary nitrogens is 1. The van der Waals surface area contributed by atoms with Crippen LogP contribution in [-0.4, -0.2) is 5.71 Å². The Balaban J connectivity index is 2.43. The number of rotatable bonds is 2. The smallest absolute Gasteiger partial charge is 0.182 e. The van der Waals surface area contributed by atoms with Crippen molar-refractivity contribution in [2.24, 2.45) is 5.10 Å². The number of hydrogen-bond donors (Lipinski definition) is 1. The Labute approximate surface area is 63.2 Å². The maximum absolute atomic E-state index is 4.16. The Morgan fingerprint density at radius 2 is 2.56 bits per heavy atom. The van der Waals surface area contributed by atoms with E-state index in [1.54, 1.807) is 0 Å². The van der Waals surface area contributed by atoms with Crippen molar-refractivity contribution in [2.45, 2.75) is 19.8 Å². The summed E-state index contributed by atoms with van der Waals surface area (Å²) in [6.45, 7) is 2.16. The first kappa shape index (κ1) is 6.96. The van der Waals surface area contributed by atoms with Gasteiger partial charge >= 0.3 is 0 Å². The maximum Gasteiger partial charge on any atom is 0.200 e. The summed E-state index contributed by atoms with van der Waals surface area (Å²) in [7, 11) is 0. The van der Waals surface area contributed by atoms with Crippen LogP contribution in [0.1, 0.15) is 19.8 Å². The molecule has 50 valence electrons. The summed E-state index contributed by atoms with van der Waals surface area (Å²) in [4.78, 5) is 0. The quantitative estimate of drug-likeness (QED) is 0.496. The zero-order chi connectivity index (χ0) is 6.69. The zero-order valence-corrected chi connectivity index (χ0v) is 6.98. The average molecular weight is 190 g/mol. The molecule has 0 bridgehead atoms. The van der Waals surface area contributed by atoms with Crippen molar-refractivity contribution in [1.82, 2.24) is 0 Å². The molecule has 0 fully saturated rings. The summed E-state index contributed by atoms with van der Waals surface area (Å²) < 4.78 is 1.09. The Hall–Kier alpha value is -0.150. The number of hydrogen-bond acceptors (Lipinski definition) is 1. The molecule has 0 saturated carbocycles. The summed E-state index contributed by atoms with van der Waals surface area (Å²) in [5.41, 5.74) is 3.02. The lowest BCUT2D eigenvalue weighted by Crippen LogP contribution is -2.72. The molecule has 1 rings (SSSR count). The van der Waals surface area contributed by atoms with Gasteiger partial charge in [-0.15, -0.1) is 0 Å². The molecule has 0 aromatic carbocycles. The highest BCUT2D eigenvalue weighted by molar-refractivity contribution is 9.11. The molecule has 0 unspecified atom stereocenters. The molecule has 0 amide bonds. The van der Waals surface area contributed by atoms with Crippen LogP contribution in [0, 0.1) is 0 Å². The minimum atomic E-state index is 1.09. The van der Waals surface area contributed by atoms with Crippen LogP contribution >= 0.6 is 15.9 Å². The van der Waals surface area contributed by atoms with Crippen LogP contribution in [0.2, 0.25) is 0 Å². The summed E-state index contributed by atoms with van der Waals surface area (Å²) >= 11 is 3.34. The maximum atomic E-state index is 4.16. The molecule has 0 aromatic rings. The van der Waals surface area contributed by atoms with E-state index in [0.29, 0.717) is 0 Å². The van der Waals surface area contributed by atoms with Crippen molar-refractivity contribution in [3.05, 3.63) is 10.7 Å². The topological polar surface area (TPSA) is 29.0 Å². The van der Waals surface area contributed by atoms with Gasteiger partial charge in [0, 0.05) is 22.0 Å². The second kappa shape index (κ2) is 3.13. The van der Waals surface area contributed by atoms with Crippen molar-refractivity contribution in [3.8, 4) is 0 Å². The SMILES string of the molecule is CCCC1=N[NH2+]C(Br)=C1. The van der Waals surface area contributed by atoms with E-state index in [1.807, 2.05) is 5.43 Å². The second-order valence-corrected chi connectivity index (χ2v) is 2.94. The molecular formula is C6H10BrN2+. The first-order valence-corrected chi connectivity index (χ1v) is 3.89. The molecule has 1 heterocycles. The molecular weight excluding hydrogens is 180 g/mol. The number of halogens is 1. The monoisotopic (exact) mass is 189 g/mol. The van der Waals surface area contributed by atoms with Crippen LogP contribution in [0.25, 0.3) is 0 Å². The molecule has 0 aromatic heterocycles. The fourth-order valence-electron chi connectivity index (χ4n) is 0.771. The van der Waals surface area contributed by atoms with Gasteiger partial charge in [0.2, 0.25) is 4.61 Å². The van der Waals surface area contributed by atoms with E-state index in [9.17, 15) is 0 Å². The number of allylic oxidation sites excluding steroid dienone is 1. The number of nitrogens with two attached hydrogens (primary N) is 1. The fraction of sp³-hybridized carbons (Fsp3) is 0.500. The van der Waals surface area contributed by atoms with Gasteiger partial charge in [0.15, 0.2) is 0 Å². The molecule has 1 aliphatic rings. The second-order valence-electron chi connectivity index (χ2n) is 2.03. The fourth-order valence-corrected chi connectivity index (χ4v) is 1.14. The third-order valence-electron chi connectivity index (χ3n) is 1.16. The van der Waals surface area contributed by atoms with Gasteiger partial charge in [0.1, 0.15) is 5.71 Å². The first-order chi connectivity index (χ1) is 4.33. The van der Waals surface area contributed by atoms with Gasteiger partial charge in [0.25, 0.3) is 0 Å². The van der Waals surface area contributed by atoms with Crippen molar-refractivity contribution >= 4 is 21.6 Å². The minimum absolute atomic E-state index is 1.09. The third kappa shape index (κ3) is 1.91. The molecule has 0 saturated heterocycles. The lowest BCUT2D eigenvalue weighted by molar-refractivity contribution is -0.596. The molecule has 9 heavy (non-hydrogen) atoms. The van der Waals surface area contributed by atoms with Crippen molar-refractivity contribution in [3.63, 3.8) is 0 Å². The Kier molecular flexibility index (Phi) is 2.42. The molecule has 0 atom stereocenters. The number of nitrogens with zero attached hydrogens (tertiary/aromatic N) is 1. The van der Waals surface area contributed by atoms with Gasteiger partial charge < -0.3 is 0 Å². The van der Waals surface area contributed by atoms with Gasteiger partial charge in [0.05, 0.1) is 0 Å². The van der Waals surface area contributed by atoms with E-state index in [4.69, 9.17) is 0 Å². The van der Waals surface area contributed by atoms with Gasteiger partial charge in [-0.1, -0.05) is 18.4 Å². The summed E-state index contributed by atoms with van der Waals surface area (Å²) in [5, 5.41) is 4.16. The van der Waals surface area contributed by atoms with Gasteiger partial charge in [-0.3, -0.25) is 0 Å². The van der Waals surface area contributed by atoms with Crippen LogP contribution in [0.15, 0.2) is 15.8 Å². The third-order valence-corrected chi connectivity index (χ3v) is 1.60. The van der Waals surface area contributed by atoms with Crippen molar-refractivity contribution < 1.29 is 5.43 Å². The van der Waals surface area contributed by atoms with Crippen LogP contribution < -0.4 is 5.43 Å². The van der Waals surface area contributed by atoms with Crippen molar-refractivity contribution in [1.29, 1.82) is 0 Å². The van der Waals surface area contributed by atoms with E-state index >= 15 is 0 Å². The summed E-state index contributed by atoms with van der Waals surface area (Å²) in [6.07, 6.45) is 4.32.